The van der Waals surface area contributed by atoms with Crippen LogP contribution in [0.1, 0.15) is 6.42 Å². The molecule has 1 aliphatic rings. The van der Waals surface area contributed by atoms with Crippen LogP contribution in [0.5, 0.6) is 5.75 Å². The van der Waals surface area contributed by atoms with E-state index in [9.17, 15) is 18.4 Å². The van der Waals surface area contributed by atoms with E-state index in [1.807, 2.05) is 0 Å². The largest absolute Gasteiger partial charge is 0.485 e. The molecule has 7 heteroatoms. The molecule has 2 rings (SSSR count). The number of hydrogen-bond acceptors (Lipinski definition) is 3. The third kappa shape index (κ3) is 3.43. The molecule has 0 bridgehead atoms. The number of nitrogens with one attached hydrogen (secondary N) is 1. The molecule has 5 nitrogen and oxygen atoms in total. The molecule has 1 saturated carbocycles. The Balaban J connectivity index is 1.99. The summed E-state index contributed by atoms with van der Waals surface area (Å²) in [5, 5.41) is 11.3. The summed E-state index contributed by atoms with van der Waals surface area (Å²) in [5.74, 6) is -2.55. The molecule has 1 aliphatic carbocycles. The van der Waals surface area contributed by atoms with Crippen LogP contribution in [0.4, 0.5) is 14.5 Å². The molecule has 0 heterocycles. The van der Waals surface area contributed by atoms with Crippen molar-refractivity contribution in [3.8, 4) is 5.75 Å². The van der Waals surface area contributed by atoms with Gasteiger partial charge >= 0.3 is 5.97 Å². The second-order valence-corrected chi connectivity index (χ2v) is 4.47. The molecule has 0 aromatic heterocycles. The van der Waals surface area contributed by atoms with Crippen LogP contribution in [0.2, 0.25) is 0 Å². The molecular weight excluding hydrogens is 272 g/mol. The monoisotopic (exact) mass is 285 g/mol. The number of amides is 1. The number of ether oxygens (including phenoxy) is 1. The van der Waals surface area contributed by atoms with E-state index in [2.05, 4.69) is 5.32 Å². The van der Waals surface area contributed by atoms with Crippen LogP contribution in [0.25, 0.3) is 0 Å². The minimum absolute atomic E-state index is 0.133. The number of hydrogen-bond donors (Lipinski definition) is 2. The lowest BCUT2D eigenvalue weighted by molar-refractivity contribution is -0.139. The van der Waals surface area contributed by atoms with Crippen LogP contribution >= 0.6 is 0 Å². The van der Waals surface area contributed by atoms with E-state index in [0.29, 0.717) is 6.42 Å². The third-order valence-electron chi connectivity index (χ3n) is 2.95. The van der Waals surface area contributed by atoms with Gasteiger partial charge in [-0.25, -0.2) is 8.78 Å². The average molecular weight is 285 g/mol. The van der Waals surface area contributed by atoms with Crippen molar-refractivity contribution in [3.05, 3.63) is 24.3 Å². The quantitative estimate of drug-likeness (QED) is 0.838. The number of para-hydroxylation sites is 2. The van der Waals surface area contributed by atoms with E-state index in [1.54, 1.807) is 12.1 Å². The van der Waals surface area contributed by atoms with Crippen molar-refractivity contribution in [2.24, 2.45) is 11.8 Å². The normalized spacial score (nSPS) is 20.6. The summed E-state index contributed by atoms with van der Waals surface area (Å²) >= 11 is 0. The number of alkyl halides is 2. The Morgan fingerprint density at radius 1 is 1.35 bits per heavy atom. The minimum Gasteiger partial charge on any atom is -0.485 e. The van der Waals surface area contributed by atoms with Crippen molar-refractivity contribution < 1.29 is 28.2 Å². The number of rotatable bonds is 6. The Bertz CT molecular complexity index is 521. The first-order valence-electron chi connectivity index (χ1n) is 6.02. The first-order valence-corrected chi connectivity index (χ1v) is 6.02. The molecule has 20 heavy (non-hydrogen) atoms. The minimum atomic E-state index is -2.61. The summed E-state index contributed by atoms with van der Waals surface area (Å²) in [6, 6.07) is 6.18. The fourth-order valence-electron chi connectivity index (χ4n) is 1.83. The summed E-state index contributed by atoms with van der Waals surface area (Å²) in [4.78, 5) is 22.5. The van der Waals surface area contributed by atoms with E-state index in [1.165, 1.54) is 12.1 Å². The van der Waals surface area contributed by atoms with E-state index >= 15 is 0 Å². The number of carboxylic acid groups (broad SMARTS) is 1. The van der Waals surface area contributed by atoms with Crippen LogP contribution in [0, 0.1) is 11.8 Å². The van der Waals surface area contributed by atoms with Gasteiger partial charge in [-0.2, -0.15) is 0 Å². The van der Waals surface area contributed by atoms with Crippen molar-refractivity contribution in [1.82, 2.24) is 0 Å². The van der Waals surface area contributed by atoms with E-state index < -0.39 is 36.7 Å². The Kier molecular flexibility index (Phi) is 4.16. The number of benzene rings is 1. The molecule has 2 N–H and O–H groups in total. The summed E-state index contributed by atoms with van der Waals surface area (Å²) in [6.45, 7) is -0.770. The molecule has 1 fully saturated rings. The SMILES string of the molecule is O=C(O)C1CC1C(=O)Nc1ccccc1OCC(F)F. The summed E-state index contributed by atoms with van der Waals surface area (Å²) in [5.41, 5.74) is 0.259. The van der Waals surface area contributed by atoms with E-state index in [-0.39, 0.29) is 11.4 Å². The van der Waals surface area contributed by atoms with Gasteiger partial charge in [0.15, 0.2) is 0 Å². The highest BCUT2D eigenvalue weighted by molar-refractivity contribution is 5.99. The van der Waals surface area contributed by atoms with Crippen LogP contribution in [-0.4, -0.2) is 30.0 Å². The third-order valence-corrected chi connectivity index (χ3v) is 2.95. The highest BCUT2D eigenvalue weighted by atomic mass is 19.3. The maximum Gasteiger partial charge on any atom is 0.307 e. The first-order chi connectivity index (χ1) is 9.49. The molecule has 0 saturated heterocycles. The van der Waals surface area contributed by atoms with Crippen LogP contribution in [0.3, 0.4) is 0 Å². The average Bonchev–Trinajstić information content (AvgIpc) is 3.18. The van der Waals surface area contributed by atoms with Crippen LogP contribution < -0.4 is 10.1 Å². The number of halogens is 2. The van der Waals surface area contributed by atoms with E-state index in [0.717, 1.165) is 0 Å². The van der Waals surface area contributed by atoms with Gasteiger partial charge in [0, 0.05) is 0 Å². The van der Waals surface area contributed by atoms with Gasteiger partial charge in [-0.3, -0.25) is 9.59 Å². The molecule has 0 aliphatic heterocycles. The predicted molar refractivity (Wildman–Crippen MR) is 65.8 cm³/mol. The van der Waals surface area contributed by atoms with Crippen molar-refractivity contribution in [3.63, 3.8) is 0 Å². The number of carboxylic acids is 1. The van der Waals surface area contributed by atoms with Gasteiger partial charge in [0.05, 0.1) is 17.5 Å². The topological polar surface area (TPSA) is 75.6 Å². The fourth-order valence-corrected chi connectivity index (χ4v) is 1.83. The Morgan fingerprint density at radius 2 is 2.05 bits per heavy atom. The molecule has 1 aromatic carbocycles. The lowest BCUT2D eigenvalue weighted by atomic mass is 10.2. The Morgan fingerprint density at radius 3 is 2.65 bits per heavy atom. The smallest absolute Gasteiger partial charge is 0.307 e. The lowest BCUT2D eigenvalue weighted by Gasteiger charge is -2.11. The predicted octanol–water partition coefficient (Wildman–Crippen LogP) is 1.99. The van der Waals surface area contributed by atoms with Gasteiger partial charge in [-0.15, -0.1) is 0 Å². The highest BCUT2D eigenvalue weighted by Gasteiger charge is 2.48. The Labute approximate surface area is 113 Å². The van der Waals surface area contributed by atoms with Crippen molar-refractivity contribution in [2.45, 2.75) is 12.8 Å². The molecule has 0 spiro atoms. The van der Waals surface area contributed by atoms with Gasteiger partial charge in [-0.05, 0) is 18.6 Å². The second-order valence-electron chi connectivity index (χ2n) is 4.47. The van der Waals surface area contributed by atoms with Crippen LogP contribution in [-0.2, 0) is 9.59 Å². The summed E-state index contributed by atoms with van der Waals surface area (Å²) in [6.07, 6.45) is -2.32. The molecule has 1 amide bonds. The standard InChI is InChI=1S/C13H13F2NO4/c14-11(15)6-20-10-4-2-1-3-9(10)16-12(17)7-5-8(7)13(18)19/h1-4,7-8,11H,5-6H2,(H,16,17)(H,18,19). The zero-order chi connectivity index (χ0) is 14.7. The zero-order valence-corrected chi connectivity index (χ0v) is 10.4. The molecule has 108 valence electrons. The maximum atomic E-state index is 12.1. The first kappa shape index (κ1) is 14.2. The summed E-state index contributed by atoms with van der Waals surface area (Å²) in [7, 11) is 0. The number of aliphatic carboxylic acids is 1. The molecule has 2 unspecified atom stereocenters. The molecular formula is C13H13F2NO4. The lowest BCUT2D eigenvalue weighted by Crippen LogP contribution is -2.18. The highest BCUT2D eigenvalue weighted by Crippen LogP contribution is 2.40. The van der Waals surface area contributed by atoms with Crippen LogP contribution in [0.15, 0.2) is 24.3 Å². The van der Waals surface area contributed by atoms with Gasteiger partial charge in [0.25, 0.3) is 6.43 Å². The zero-order valence-electron chi connectivity index (χ0n) is 10.4. The van der Waals surface area contributed by atoms with Gasteiger partial charge < -0.3 is 15.2 Å². The number of anilines is 1. The van der Waals surface area contributed by atoms with Gasteiger partial charge in [-0.1, -0.05) is 12.1 Å². The van der Waals surface area contributed by atoms with Crippen molar-refractivity contribution in [1.29, 1.82) is 0 Å². The van der Waals surface area contributed by atoms with Crippen molar-refractivity contribution in [2.75, 3.05) is 11.9 Å². The molecule has 2 atom stereocenters. The van der Waals surface area contributed by atoms with Crippen molar-refractivity contribution >= 4 is 17.6 Å². The fraction of sp³-hybridized carbons (Fsp3) is 0.385. The maximum absolute atomic E-state index is 12.1. The number of carbonyl (C=O) groups is 2. The van der Waals surface area contributed by atoms with Gasteiger partial charge in [0.2, 0.25) is 5.91 Å². The Hall–Kier alpha value is -2.18. The van der Waals surface area contributed by atoms with E-state index in [4.69, 9.17) is 9.84 Å². The number of carbonyl (C=O) groups excluding carboxylic acids is 1. The summed E-state index contributed by atoms with van der Waals surface area (Å²) < 4.78 is 29.1. The second kappa shape index (κ2) is 5.85. The molecule has 0 radical (unpaired) electrons. The van der Waals surface area contributed by atoms with Gasteiger partial charge in [0.1, 0.15) is 12.4 Å². The molecule has 1 aromatic rings.